The molecule has 0 atom stereocenters. The molecule has 0 aliphatic carbocycles. The van der Waals surface area contributed by atoms with E-state index in [1.165, 1.54) is 21.3 Å². The smallest absolute Gasteiger partial charge is 0.349 e. The number of nitrogens with zero attached hydrogens (tertiary/aromatic N) is 2. The van der Waals surface area contributed by atoms with Crippen LogP contribution in [0, 0.1) is 0 Å². The van der Waals surface area contributed by atoms with Crippen molar-refractivity contribution in [1.29, 1.82) is 0 Å². The van der Waals surface area contributed by atoms with Crippen LogP contribution in [-0.2, 0) is 0 Å². The number of aromatic nitrogens is 2. The zero-order valence-electron chi connectivity index (χ0n) is 15.4. The molecule has 8 nitrogen and oxygen atoms in total. The molecule has 28 heavy (non-hydrogen) atoms. The van der Waals surface area contributed by atoms with Gasteiger partial charge in [-0.15, -0.1) is 0 Å². The second-order valence-corrected chi connectivity index (χ2v) is 5.79. The molecule has 2 aromatic carbocycles. The molecule has 4 aromatic rings. The van der Waals surface area contributed by atoms with Crippen LogP contribution in [0.5, 0.6) is 17.2 Å². The molecular weight excluding hydrogens is 364 g/mol. The van der Waals surface area contributed by atoms with Crippen LogP contribution in [0.15, 0.2) is 56.2 Å². The van der Waals surface area contributed by atoms with E-state index in [1.807, 2.05) is 0 Å². The standard InChI is InChI=1S/C20H16N2O6/c1-24-14-8-4-6-11-10-13(20(23)27-16(11)14)19-21-18(22-28-19)12-7-5-9-15(25-2)17(12)26-3/h4-10H,1-3H3. The van der Waals surface area contributed by atoms with Crippen LogP contribution in [0.25, 0.3) is 33.8 Å². The van der Waals surface area contributed by atoms with E-state index in [1.54, 1.807) is 42.5 Å². The molecule has 0 spiro atoms. The van der Waals surface area contributed by atoms with Gasteiger partial charge in [0.2, 0.25) is 5.82 Å². The van der Waals surface area contributed by atoms with E-state index < -0.39 is 5.63 Å². The molecule has 0 unspecified atom stereocenters. The van der Waals surface area contributed by atoms with E-state index in [4.69, 9.17) is 23.2 Å². The Hall–Kier alpha value is -3.81. The van der Waals surface area contributed by atoms with Crippen LogP contribution in [-0.4, -0.2) is 31.5 Å². The van der Waals surface area contributed by atoms with Crippen LogP contribution >= 0.6 is 0 Å². The molecular formula is C20H16N2O6. The van der Waals surface area contributed by atoms with Gasteiger partial charge in [-0.2, -0.15) is 4.98 Å². The molecule has 0 aliphatic rings. The fourth-order valence-electron chi connectivity index (χ4n) is 2.93. The van der Waals surface area contributed by atoms with Crippen molar-refractivity contribution >= 4 is 11.0 Å². The predicted molar refractivity (Wildman–Crippen MR) is 101 cm³/mol. The van der Waals surface area contributed by atoms with Gasteiger partial charge >= 0.3 is 5.63 Å². The van der Waals surface area contributed by atoms with Gasteiger partial charge in [-0.1, -0.05) is 23.4 Å². The van der Waals surface area contributed by atoms with E-state index >= 15 is 0 Å². The summed E-state index contributed by atoms with van der Waals surface area (Å²) in [6, 6.07) is 12.2. The van der Waals surface area contributed by atoms with Gasteiger partial charge in [0.05, 0.1) is 26.9 Å². The monoisotopic (exact) mass is 380 g/mol. The molecule has 0 bridgehead atoms. The Labute approximate surface area is 159 Å². The van der Waals surface area contributed by atoms with E-state index in [9.17, 15) is 4.79 Å². The Kier molecular flexibility index (Phi) is 4.44. The number of ether oxygens (including phenoxy) is 3. The van der Waals surface area contributed by atoms with Crippen molar-refractivity contribution < 1.29 is 23.2 Å². The summed E-state index contributed by atoms with van der Waals surface area (Å²) in [5.41, 5.74) is 0.475. The van der Waals surface area contributed by atoms with Crippen LogP contribution in [0.2, 0.25) is 0 Å². The highest BCUT2D eigenvalue weighted by Gasteiger charge is 2.20. The Balaban J connectivity index is 1.83. The van der Waals surface area contributed by atoms with Gasteiger partial charge in [0.1, 0.15) is 5.56 Å². The normalized spacial score (nSPS) is 10.8. The second kappa shape index (κ2) is 7.07. The molecule has 142 valence electrons. The van der Waals surface area contributed by atoms with Crippen molar-refractivity contribution in [3.63, 3.8) is 0 Å². The van der Waals surface area contributed by atoms with Crippen LogP contribution in [0.4, 0.5) is 0 Å². The average Bonchev–Trinajstić information content (AvgIpc) is 3.21. The highest BCUT2D eigenvalue weighted by molar-refractivity contribution is 5.85. The lowest BCUT2D eigenvalue weighted by Gasteiger charge is -2.09. The first-order valence-corrected chi connectivity index (χ1v) is 8.32. The first-order valence-electron chi connectivity index (χ1n) is 8.32. The Morgan fingerprint density at radius 3 is 2.39 bits per heavy atom. The van der Waals surface area contributed by atoms with E-state index in [0.717, 1.165) is 0 Å². The highest BCUT2D eigenvalue weighted by Crippen LogP contribution is 2.37. The number of hydrogen-bond acceptors (Lipinski definition) is 8. The van der Waals surface area contributed by atoms with E-state index in [0.29, 0.717) is 33.8 Å². The lowest BCUT2D eigenvalue weighted by atomic mass is 10.1. The minimum absolute atomic E-state index is 0.0401. The molecule has 0 fully saturated rings. The lowest BCUT2D eigenvalue weighted by molar-refractivity contribution is 0.355. The Morgan fingerprint density at radius 1 is 0.893 bits per heavy atom. The summed E-state index contributed by atoms with van der Waals surface area (Å²) in [5, 5.41) is 4.65. The van der Waals surface area contributed by atoms with Crippen LogP contribution in [0.1, 0.15) is 0 Å². The average molecular weight is 380 g/mol. The summed E-state index contributed by atoms with van der Waals surface area (Å²) in [7, 11) is 4.57. The molecule has 0 aliphatic heterocycles. The Bertz CT molecular complexity index is 1210. The molecule has 0 radical (unpaired) electrons. The summed E-state index contributed by atoms with van der Waals surface area (Å²) in [6.07, 6.45) is 0. The zero-order chi connectivity index (χ0) is 19.7. The minimum atomic E-state index is -0.607. The summed E-state index contributed by atoms with van der Waals surface area (Å²) in [5.74, 6) is 1.76. The van der Waals surface area contributed by atoms with Crippen LogP contribution < -0.4 is 19.8 Å². The summed E-state index contributed by atoms with van der Waals surface area (Å²) >= 11 is 0. The van der Waals surface area contributed by atoms with Crippen molar-refractivity contribution in [2.45, 2.75) is 0 Å². The molecule has 0 saturated carbocycles. The molecule has 4 rings (SSSR count). The van der Waals surface area contributed by atoms with E-state index in [-0.39, 0.29) is 17.3 Å². The van der Waals surface area contributed by atoms with Crippen molar-refractivity contribution in [3.05, 3.63) is 52.9 Å². The number of fused-ring (bicyclic) bond motifs is 1. The topological polar surface area (TPSA) is 96.8 Å². The first-order chi connectivity index (χ1) is 13.7. The minimum Gasteiger partial charge on any atom is -0.493 e. The first kappa shape index (κ1) is 17.6. The maximum atomic E-state index is 12.5. The molecule has 8 heteroatoms. The lowest BCUT2D eigenvalue weighted by Crippen LogP contribution is -2.03. The molecule has 0 N–H and O–H groups in total. The highest BCUT2D eigenvalue weighted by atomic mass is 16.5. The maximum absolute atomic E-state index is 12.5. The van der Waals surface area contributed by atoms with Crippen molar-refractivity contribution in [2.75, 3.05) is 21.3 Å². The zero-order valence-corrected chi connectivity index (χ0v) is 15.4. The van der Waals surface area contributed by atoms with E-state index in [2.05, 4.69) is 10.1 Å². The number of para-hydroxylation sites is 2. The van der Waals surface area contributed by atoms with Crippen molar-refractivity contribution in [3.8, 4) is 40.1 Å². The second-order valence-electron chi connectivity index (χ2n) is 5.79. The third-order valence-corrected chi connectivity index (χ3v) is 4.24. The summed E-state index contributed by atoms with van der Waals surface area (Å²) in [6.45, 7) is 0. The SMILES string of the molecule is COc1cccc(-c2noc(-c3cc4cccc(OC)c4oc3=O)n2)c1OC. The number of hydrogen-bond donors (Lipinski definition) is 0. The van der Waals surface area contributed by atoms with Crippen molar-refractivity contribution in [1.82, 2.24) is 10.1 Å². The number of benzene rings is 2. The fourth-order valence-corrected chi connectivity index (χ4v) is 2.93. The van der Waals surface area contributed by atoms with Gasteiger partial charge in [-0.25, -0.2) is 4.79 Å². The number of rotatable bonds is 5. The molecule has 2 heterocycles. The fraction of sp³-hybridized carbons (Fsp3) is 0.150. The quantitative estimate of drug-likeness (QED) is 0.485. The largest absolute Gasteiger partial charge is 0.493 e. The van der Waals surface area contributed by atoms with Crippen LogP contribution in [0.3, 0.4) is 0 Å². The van der Waals surface area contributed by atoms with Gasteiger partial charge in [0.25, 0.3) is 5.89 Å². The molecule has 0 amide bonds. The third kappa shape index (κ3) is 2.84. The van der Waals surface area contributed by atoms with Gasteiger partial charge in [-0.3, -0.25) is 0 Å². The summed E-state index contributed by atoms with van der Waals surface area (Å²) in [4.78, 5) is 16.8. The summed E-state index contributed by atoms with van der Waals surface area (Å²) < 4.78 is 26.6. The number of methoxy groups -OCH3 is 3. The predicted octanol–water partition coefficient (Wildman–Crippen LogP) is 3.54. The third-order valence-electron chi connectivity index (χ3n) is 4.24. The van der Waals surface area contributed by atoms with Crippen molar-refractivity contribution in [2.24, 2.45) is 0 Å². The van der Waals surface area contributed by atoms with Gasteiger partial charge < -0.3 is 23.2 Å². The molecule has 2 aromatic heterocycles. The van der Waals surface area contributed by atoms with Gasteiger partial charge in [-0.05, 0) is 24.3 Å². The maximum Gasteiger partial charge on any atom is 0.349 e. The molecule has 0 saturated heterocycles. The van der Waals surface area contributed by atoms with Gasteiger partial charge in [0, 0.05) is 5.39 Å². The van der Waals surface area contributed by atoms with Gasteiger partial charge in [0.15, 0.2) is 22.8 Å². The Morgan fingerprint density at radius 2 is 1.64 bits per heavy atom.